The molecule has 1 aliphatic rings. The second kappa shape index (κ2) is 8.55. The van der Waals surface area contributed by atoms with Crippen molar-refractivity contribution in [3.05, 3.63) is 74.6 Å². The van der Waals surface area contributed by atoms with Crippen LogP contribution in [-0.2, 0) is 4.74 Å². The molecule has 0 N–H and O–H groups in total. The van der Waals surface area contributed by atoms with E-state index < -0.39 is 6.04 Å². The minimum absolute atomic E-state index is 0.131. The number of methoxy groups -OCH3 is 1. The molecule has 0 saturated carbocycles. The van der Waals surface area contributed by atoms with E-state index in [9.17, 15) is 9.59 Å². The number of benzene rings is 2. The van der Waals surface area contributed by atoms with Gasteiger partial charge < -0.3 is 18.8 Å². The van der Waals surface area contributed by atoms with Crippen LogP contribution in [0.3, 0.4) is 0 Å². The predicted octanol–water partition coefficient (Wildman–Crippen LogP) is 4.39. The summed E-state index contributed by atoms with van der Waals surface area (Å²) in [5, 5.41) is 0.529. The highest BCUT2D eigenvalue weighted by atomic mass is 16.5. The summed E-state index contributed by atoms with van der Waals surface area (Å²) >= 11 is 0. The van der Waals surface area contributed by atoms with Crippen LogP contribution in [-0.4, -0.2) is 37.7 Å². The van der Waals surface area contributed by atoms with E-state index in [0.29, 0.717) is 48.5 Å². The summed E-state index contributed by atoms with van der Waals surface area (Å²) in [5.41, 5.74) is 3.36. The van der Waals surface area contributed by atoms with Gasteiger partial charge in [0.25, 0.3) is 5.91 Å². The van der Waals surface area contributed by atoms with Gasteiger partial charge in [0.05, 0.1) is 23.6 Å². The number of rotatable bonds is 7. The second-order valence-electron chi connectivity index (χ2n) is 7.88. The Morgan fingerprint density at radius 1 is 1.13 bits per heavy atom. The van der Waals surface area contributed by atoms with Crippen LogP contribution in [0.4, 0.5) is 0 Å². The van der Waals surface area contributed by atoms with Gasteiger partial charge >= 0.3 is 0 Å². The molecule has 1 atom stereocenters. The molecule has 0 fully saturated rings. The molecule has 3 aromatic rings. The van der Waals surface area contributed by atoms with Gasteiger partial charge in [0.15, 0.2) is 5.43 Å². The maximum atomic E-state index is 13.7. The van der Waals surface area contributed by atoms with Gasteiger partial charge in [-0.15, -0.1) is 0 Å². The van der Waals surface area contributed by atoms with E-state index in [1.807, 2.05) is 57.2 Å². The second-order valence-corrected chi connectivity index (χ2v) is 7.88. The minimum Gasteiger partial charge on any atom is -0.494 e. The summed E-state index contributed by atoms with van der Waals surface area (Å²) < 4.78 is 16.9. The number of aryl methyl sites for hydroxylation is 2. The third kappa shape index (κ3) is 3.72. The highest BCUT2D eigenvalue weighted by Gasteiger charge is 2.42. The van der Waals surface area contributed by atoms with E-state index in [1.54, 1.807) is 12.0 Å². The molecule has 6 nitrogen and oxygen atoms in total. The Labute approximate surface area is 181 Å². The Balaban J connectivity index is 1.93. The van der Waals surface area contributed by atoms with Crippen LogP contribution in [0.15, 0.2) is 45.6 Å². The normalized spacial score (nSPS) is 15.5. The van der Waals surface area contributed by atoms with Crippen molar-refractivity contribution < 1.29 is 18.7 Å². The van der Waals surface area contributed by atoms with Crippen molar-refractivity contribution in [2.24, 2.45) is 0 Å². The van der Waals surface area contributed by atoms with Gasteiger partial charge in [-0.25, -0.2) is 0 Å². The zero-order valence-corrected chi connectivity index (χ0v) is 18.4. The van der Waals surface area contributed by atoms with Crippen molar-refractivity contribution in [1.29, 1.82) is 0 Å². The number of carbonyl (C=O) groups excluding carboxylic acids is 1. The Morgan fingerprint density at radius 2 is 1.94 bits per heavy atom. The topological polar surface area (TPSA) is 69.0 Å². The van der Waals surface area contributed by atoms with Crippen molar-refractivity contribution in [2.75, 3.05) is 26.9 Å². The lowest BCUT2D eigenvalue weighted by atomic mass is 9.96. The maximum absolute atomic E-state index is 13.7. The van der Waals surface area contributed by atoms with Gasteiger partial charge in [-0.3, -0.25) is 9.59 Å². The maximum Gasteiger partial charge on any atom is 0.290 e. The van der Waals surface area contributed by atoms with Crippen molar-refractivity contribution in [1.82, 2.24) is 4.90 Å². The average Bonchev–Trinajstić information content (AvgIpc) is 3.00. The van der Waals surface area contributed by atoms with Crippen molar-refractivity contribution >= 4 is 16.9 Å². The van der Waals surface area contributed by atoms with Gasteiger partial charge in [-0.1, -0.05) is 18.2 Å². The van der Waals surface area contributed by atoms with Gasteiger partial charge in [0.1, 0.15) is 11.3 Å². The number of amides is 1. The lowest BCUT2D eigenvalue weighted by Crippen LogP contribution is -2.31. The zero-order chi connectivity index (χ0) is 22.1. The molecule has 0 saturated heterocycles. The number of nitrogens with zero attached hydrogens (tertiary/aromatic N) is 1. The molecule has 6 heteroatoms. The number of hydrogen-bond donors (Lipinski definition) is 0. The molecule has 1 aliphatic heterocycles. The fraction of sp³-hybridized carbons (Fsp3) is 0.360. The monoisotopic (exact) mass is 421 g/mol. The molecule has 0 aliphatic carbocycles. The highest BCUT2D eigenvalue weighted by Crippen LogP contribution is 2.39. The summed E-state index contributed by atoms with van der Waals surface area (Å²) in [4.78, 5) is 28.8. The first kappa shape index (κ1) is 21.1. The van der Waals surface area contributed by atoms with E-state index in [1.165, 1.54) is 0 Å². The molecule has 2 heterocycles. The van der Waals surface area contributed by atoms with Crippen LogP contribution in [0, 0.1) is 13.8 Å². The molecule has 0 spiro atoms. The molecule has 1 amide bonds. The first-order chi connectivity index (χ1) is 15.0. The van der Waals surface area contributed by atoms with Gasteiger partial charge in [-0.05, 0) is 62.1 Å². The van der Waals surface area contributed by atoms with E-state index in [4.69, 9.17) is 13.9 Å². The van der Waals surface area contributed by atoms with Crippen molar-refractivity contribution in [3.63, 3.8) is 0 Å². The molecule has 162 valence electrons. The number of hydrogen-bond acceptors (Lipinski definition) is 5. The molecule has 0 radical (unpaired) electrons. The molecule has 31 heavy (non-hydrogen) atoms. The van der Waals surface area contributed by atoms with Gasteiger partial charge in [0.2, 0.25) is 5.76 Å². The largest absolute Gasteiger partial charge is 0.494 e. The van der Waals surface area contributed by atoms with E-state index in [2.05, 4.69) is 0 Å². The quantitative estimate of drug-likeness (QED) is 0.529. The number of fused-ring (bicyclic) bond motifs is 2. The van der Waals surface area contributed by atoms with Crippen LogP contribution < -0.4 is 10.2 Å². The van der Waals surface area contributed by atoms with Crippen LogP contribution in [0.25, 0.3) is 11.0 Å². The lowest BCUT2D eigenvalue weighted by molar-refractivity contribution is 0.0707. The van der Waals surface area contributed by atoms with Crippen molar-refractivity contribution in [3.8, 4) is 5.75 Å². The predicted molar refractivity (Wildman–Crippen MR) is 119 cm³/mol. The molecule has 4 rings (SSSR count). The number of ether oxygens (including phenoxy) is 2. The standard InChI is InChI=1S/C25H27NO5/c1-5-30-18-9-6-8-17(14-18)22-21-23(27)20-16(3)12-15(2)13-19(20)31-24(21)25(28)26(22)10-7-11-29-4/h6,8-9,12-14,22H,5,7,10-11H2,1-4H3. The molecule has 2 aromatic carbocycles. The van der Waals surface area contributed by atoms with Gasteiger partial charge in [-0.2, -0.15) is 0 Å². The first-order valence-electron chi connectivity index (χ1n) is 10.6. The first-order valence-corrected chi connectivity index (χ1v) is 10.6. The molecular formula is C25H27NO5. The SMILES string of the molecule is CCOc1cccc(C2c3c(oc4cc(C)cc(C)c4c3=O)C(=O)N2CCCOC)c1. The Bertz CT molecular complexity index is 1200. The number of carbonyl (C=O) groups is 1. The molecule has 1 unspecified atom stereocenters. The summed E-state index contributed by atoms with van der Waals surface area (Å²) in [6.07, 6.45) is 0.656. The van der Waals surface area contributed by atoms with E-state index in [-0.39, 0.29) is 17.1 Å². The summed E-state index contributed by atoms with van der Waals surface area (Å²) in [5.74, 6) is 0.567. The Kier molecular flexibility index (Phi) is 5.83. The summed E-state index contributed by atoms with van der Waals surface area (Å²) in [6.45, 7) is 7.27. The fourth-order valence-corrected chi connectivity index (χ4v) is 4.41. The lowest BCUT2D eigenvalue weighted by Gasteiger charge is -2.25. The zero-order valence-electron chi connectivity index (χ0n) is 18.4. The smallest absolute Gasteiger partial charge is 0.290 e. The Hall–Kier alpha value is -3.12. The van der Waals surface area contributed by atoms with Crippen LogP contribution >= 0.6 is 0 Å². The van der Waals surface area contributed by atoms with E-state index in [0.717, 1.165) is 16.7 Å². The van der Waals surface area contributed by atoms with Gasteiger partial charge in [0, 0.05) is 20.3 Å². The third-order valence-electron chi connectivity index (χ3n) is 5.64. The summed E-state index contributed by atoms with van der Waals surface area (Å²) in [6, 6.07) is 10.8. The third-order valence-corrected chi connectivity index (χ3v) is 5.64. The Morgan fingerprint density at radius 3 is 2.68 bits per heavy atom. The average molecular weight is 421 g/mol. The summed E-state index contributed by atoms with van der Waals surface area (Å²) in [7, 11) is 1.63. The van der Waals surface area contributed by atoms with E-state index >= 15 is 0 Å². The molecule has 0 bridgehead atoms. The van der Waals surface area contributed by atoms with Crippen LogP contribution in [0.5, 0.6) is 5.75 Å². The molecule has 1 aromatic heterocycles. The minimum atomic E-state index is -0.527. The van der Waals surface area contributed by atoms with Crippen LogP contribution in [0.2, 0.25) is 0 Å². The highest BCUT2D eigenvalue weighted by molar-refractivity contribution is 5.99. The fourth-order valence-electron chi connectivity index (χ4n) is 4.41. The molecular weight excluding hydrogens is 394 g/mol. The van der Waals surface area contributed by atoms with Crippen molar-refractivity contribution in [2.45, 2.75) is 33.2 Å². The van der Waals surface area contributed by atoms with Crippen LogP contribution in [0.1, 0.15) is 52.2 Å².